The number of alkyl halides is 3. The van der Waals surface area contributed by atoms with Gasteiger partial charge in [0.25, 0.3) is 11.8 Å². The first kappa shape index (κ1) is 19.2. The number of halogens is 3. The van der Waals surface area contributed by atoms with Crippen LogP contribution in [-0.4, -0.2) is 56.7 Å². The van der Waals surface area contributed by atoms with E-state index >= 15 is 0 Å². The number of hydrogen-bond donors (Lipinski definition) is 3. The lowest BCUT2D eigenvalue weighted by molar-refractivity contribution is -0.148. The van der Waals surface area contributed by atoms with Crippen LogP contribution in [0.2, 0.25) is 0 Å². The zero-order chi connectivity index (χ0) is 19.9. The maximum absolute atomic E-state index is 12.8. The molecule has 27 heavy (non-hydrogen) atoms. The molecule has 7 nitrogen and oxygen atoms in total. The SMILES string of the molecule is O=C(O)C1=C(CO)CS[C@@H]2[C@@H](NC(=O)c3cccc(C(F)(F)F)c3)C(=O)N12. The molecule has 0 radical (unpaired) electrons. The highest BCUT2D eigenvalue weighted by Crippen LogP contribution is 2.40. The fourth-order valence-electron chi connectivity index (χ4n) is 2.87. The second-order valence-electron chi connectivity index (χ2n) is 5.85. The molecule has 1 saturated heterocycles. The van der Waals surface area contributed by atoms with E-state index in [0.29, 0.717) is 6.07 Å². The standard InChI is InChI=1S/C16H13F3N2O5S/c17-16(18,19)9-3-1-2-7(4-9)12(23)20-10-13(24)21-11(15(25)26)8(5-22)6-27-14(10)21/h1-4,10,14,22H,5-6H2,(H,20,23)(H,25,26)/t10-,14+/m0/s1. The van der Waals surface area contributed by atoms with E-state index in [9.17, 15) is 37.8 Å². The number of nitrogens with one attached hydrogen (secondary N) is 1. The monoisotopic (exact) mass is 402 g/mol. The van der Waals surface area contributed by atoms with Gasteiger partial charge in [-0.1, -0.05) is 6.07 Å². The van der Waals surface area contributed by atoms with Crippen LogP contribution < -0.4 is 5.32 Å². The summed E-state index contributed by atoms with van der Waals surface area (Å²) in [6.07, 6.45) is -4.61. The zero-order valence-electron chi connectivity index (χ0n) is 13.5. The summed E-state index contributed by atoms with van der Waals surface area (Å²) < 4.78 is 38.3. The van der Waals surface area contributed by atoms with Crippen LogP contribution in [-0.2, 0) is 15.8 Å². The molecule has 0 aliphatic carbocycles. The summed E-state index contributed by atoms with van der Waals surface area (Å²) in [5.41, 5.74) is -1.40. The highest BCUT2D eigenvalue weighted by Gasteiger charge is 2.54. The van der Waals surface area contributed by atoms with E-state index in [1.165, 1.54) is 6.07 Å². The molecule has 0 saturated carbocycles. The van der Waals surface area contributed by atoms with Crippen LogP contribution in [0.5, 0.6) is 0 Å². The number of hydrogen-bond acceptors (Lipinski definition) is 5. The summed E-state index contributed by atoms with van der Waals surface area (Å²) in [5, 5.41) is 20.2. The Bertz CT molecular complexity index is 855. The average Bonchev–Trinajstić information content (AvgIpc) is 2.63. The molecule has 2 aliphatic heterocycles. The minimum absolute atomic E-state index is 0.155. The molecule has 0 bridgehead atoms. The lowest BCUT2D eigenvalue weighted by Crippen LogP contribution is -2.70. The van der Waals surface area contributed by atoms with Crippen molar-refractivity contribution < 1.29 is 37.8 Å². The number of aliphatic hydroxyl groups is 1. The maximum atomic E-state index is 12.8. The number of aliphatic carboxylic acids is 1. The van der Waals surface area contributed by atoms with Gasteiger partial charge in [-0.3, -0.25) is 14.5 Å². The van der Waals surface area contributed by atoms with E-state index in [0.717, 1.165) is 28.8 Å². The number of carboxylic acid groups (broad SMARTS) is 1. The maximum Gasteiger partial charge on any atom is 0.416 e. The number of nitrogens with zero attached hydrogens (tertiary/aromatic N) is 1. The highest BCUT2D eigenvalue weighted by atomic mass is 32.2. The summed E-state index contributed by atoms with van der Waals surface area (Å²) in [6, 6.07) is 2.71. The van der Waals surface area contributed by atoms with Gasteiger partial charge in [-0.05, 0) is 23.8 Å². The molecule has 3 rings (SSSR count). The number of carboxylic acids is 1. The summed E-state index contributed by atoms with van der Waals surface area (Å²) in [6.45, 7) is -0.521. The first-order valence-electron chi connectivity index (χ1n) is 7.64. The smallest absolute Gasteiger partial charge is 0.416 e. The normalized spacial score (nSPS) is 22.2. The molecule has 2 heterocycles. The Morgan fingerprint density at radius 2 is 2.04 bits per heavy atom. The molecule has 0 aromatic heterocycles. The van der Waals surface area contributed by atoms with Crippen molar-refractivity contribution >= 4 is 29.5 Å². The summed E-state index contributed by atoms with van der Waals surface area (Å²) >= 11 is 1.15. The van der Waals surface area contributed by atoms with Crippen molar-refractivity contribution in [2.24, 2.45) is 0 Å². The van der Waals surface area contributed by atoms with Gasteiger partial charge in [0.2, 0.25) is 0 Å². The average molecular weight is 402 g/mol. The van der Waals surface area contributed by atoms with Gasteiger partial charge in [0, 0.05) is 11.3 Å². The molecular weight excluding hydrogens is 389 g/mol. The van der Waals surface area contributed by atoms with E-state index in [-0.39, 0.29) is 22.6 Å². The van der Waals surface area contributed by atoms with Crippen LogP contribution in [0.3, 0.4) is 0 Å². The Labute approximate surface area is 154 Å². The third-order valence-electron chi connectivity index (χ3n) is 4.18. The number of benzene rings is 1. The van der Waals surface area contributed by atoms with E-state index in [1.807, 2.05) is 0 Å². The van der Waals surface area contributed by atoms with E-state index in [2.05, 4.69) is 5.32 Å². The number of rotatable bonds is 4. The van der Waals surface area contributed by atoms with Crippen molar-refractivity contribution in [1.82, 2.24) is 10.2 Å². The lowest BCUT2D eigenvalue weighted by atomic mass is 10.0. The van der Waals surface area contributed by atoms with Gasteiger partial charge in [0.15, 0.2) is 0 Å². The van der Waals surface area contributed by atoms with Crippen molar-refractivity contribution in [3.05, 3.63) is 46.7 Å². The van der Waals surface area contributed by atoms with Crippen LogP contribution in [0.4, 0.5) is 13.2 Å². The number of thioether (sulfide) groups is 1. The second kappa shape index (κ2) is 6.89. The van der Waals surface area contributed by atoms with E-state index in [4.69, 9.17) is 0 Å². The molecule has 3 N–H and O–H groups in total. The van der Waals surface area contributed by atoms with Crippen molar-refractivity contribution in [3.8, 4) is 0 Å². The van der Waals surface area contributed by atoms with Gasteiger partial charge < -0.3 is 15.5 Å². The van der Waals surface area contributed by atoms with Crippen molar-refractivity contribution in [1.29, 1.82) is 0 Å². The number of carbonyl (C=O) groups is 3. The van der Waals surface area contributed by atoms with Crippen LogP contribution in [0.1, 0.15) is 15.9 Å². The highest BCUT2D eigenvalue weighted by molar-refractivity contribution is 8.00. The zero-order valence-corrected chi connectivity index (χ0v) is 14.3. The molecule has 0 unspecified atom stereocenters. The Hall–Kier alpha value is -2.53. The molecule has 11 heteroatoms. The quantitative estimate of drug-likeness (QED) is 0.650. The Morgan fingerprint density at radius 1 is 1.33 bits per heavy atom. The largest absolute Gasteiger partial charge is 0.477 e. The van der Waals surface area contributed by atoms with Crippen LogP contribution in [0, 0.1) is 0 Å². The summed E-state index contributed by atoms with van der Waals surface area (Å²) in [5.74, 6) is -2.78. The van der Waals surface area contributed by atoms with Crippen molar-refractivity contribution in [2.75, 3.05) is 12.4 Å². The topological polar surface area (TPSA) is 107 Å². The first-order chi connectivity index (χ1) is 12.6. The number of carbonyl (C=O) groups excluding carboxylic acids is 2. The molecule has 1 aromatic rings. The van der Waals surface area contributed by atoms with Gasteiger partial charge in [0.1, 0.15) is 17.1 Å². The summed E-state index contributed by atoms with van der Waals surface area (Å²) in [7, 11) is 0. The molecule has 1 fully saturated rings. The first-order valence-corrected chi connectivity index (χ1v) is 8.69. The fraction of sp³-hybridized carbons (Fsp3) is 0.312. The molecule has 2 aliphatic rings. The van der Waals surface area contributed by atoms with Gasteiger partial charge >= 0.3 is 12.1 Å². The second-order valence-corrected chi connectivity index (χ2v) is 6.96. The lowest BCUT2D eigenvalue weighted by Gasteiger charge is -2.49. The molecule has 1 aromatic carbocycles. The third-order valence-corrected chi connectivity index (χ3v) is 5.52. The van der Waals surface area contributed by atoms with Crippen molar-refractivity contribution in [3.63, 3.8) is 0 Å². The molecule has 2 atom stereocenters. The molecule has 0 spiro atoms. The molecule has 144 valence electrons. The molecular formula is C16H13F3N2O5S. The van der Waals surface area contributed by atoms with Crippen molar-refractivity contribution in [2.45, 2.75) is 17.6 Å². The third kappa shape index (κ3) is 3.39. The fourth-order valence-corrected chi connectivity index (χ4v) is 4.20. The Kier molecular flexibility index (Phi) is 4.91. The Morgan fingerprint density at radius 3 is 2.63 bits per heavy atom. The number of fused-ring (bicyclic) bond motifs is 1. The van der Waals surface area contributed by atoms with E-state index < -0.39 is 47.5 Å². The van der Waals surface area contributed by atoms with Crippen LogP contribution >= 0.6 is 11.8 Å². The molecule has 2 amide bonds. The summed E-state index contributed by atoms with van der Waals surface area (Å²) in [4.78, 5) is 36.9. The predicted molar refractivity (Wildman–Crippen MR) is 87.5 cm³/mol. The number of amides is 2. The van der Waals surface area contributed by atoms with Crippen LogP contribution in [0.15, 0.2) is 35.5 Å². The predicted octanol–water partition coefficient (Wildman–Crippen LogP) is 1.05. The van der Waals surface area contributed by atoms with Gasteiger partial charge in [-0.25, -0.2) is 4.79 Å². The van der Waals surface area contributed by atoms with Gasteiger partial charge in [0.05, 0.1) is 12.2 Å². The number of aliphatic hydroxyl groups excluding tert-OH is 1. The number of β-lactam (4-membered cyclic amide) rings is 1. The van der Waals surface area contributed by atoms with Crippen LogP contribution in [0.25, 0.3) is 0 Å². The minimum Gasteiger partial charge on any atom is -0.477 e. The van der Waals surface area contributed by atoms with Gasteiger partial charge in [-0.15, -0.1) is 11.8 Å². The van der Waals surface area contributed by atoms with E-state index in [1.54, 1.807) is 0 Å². The minimum atomic E-state index is -4.61. The van der Waals surface area contributed by atoms with Gasteiger partial charge in [-0.2, -0.15) is 13.2 Å². The Balaban J connectivity index is 1.77.